The summed E-state index contributed by atoms with van der Waals surface area (Å²) in [5, 5.41) is 0. The summed E-state index contributed by atoms with van der Waals surface area (Å²) in [7, 11) is 0. The summed E-state index contributed by atoms with van der Waals surface area (Å²) < 4.78 is 0. The first kappa shape index (κ1) is 12.0. The molecule has 0 N–H and O–H groups in total. The Morgan fingerprint density at radius 3 is 3.05 bits per heavy atom. The number of benzene rings is 1. The average molecular weight is 266 g/mol. The maximum Gasteiger partial charge on any atom is 0.232 e. The lowest BCUT2D eigenvalue weighted by Crippen LogP contribution is -2.49. The van der Waals surface area contributed by atoms with Crippen LogP contribution in [0.1, 0.15) is 18.4 Å². The predicted octanol–water partition coefficient (Wildman–Crippen LogP) is 1.67. The molecule has 3 aliphatic heterocycles. The zero-order valence-electron chi connectivity index (χ0n) is 11.5. The molecular formula is C17H18N2O. The standard InChI is InChI=1S/C17H18N2O/c1-2-9-18-10-5-7-13-16(18)15-11-12-6-3-4-8-14(12)19(15)17(13)20/h1,3-4,6,8,13,15-16H,5,7,9-11H2. The number of amides is 1. The molecule has 3 aliphatic rings. The molecule has 0 spiro atoms. The van der Waals surface area contributed by atoms with Gasteiger partial charge in [-0.15, -0.1) is 6.42 Å². The van der Waals surface area contributed by atoms with Gasteiger partial charge in [-0.2, -0.15) is 0 Å². The van der Waals surface area contributed by atoms with E-state index in [2.05, 4.69) is 33.9 Å². The van der Waals surface area contributed by atoms with Gasteiger partial charge in [-0.05, 0) is 37.4 Å². The van der Waals surface area contributed by atoms with E-state index in [-0.39, 0.29) is 5.92 Å². The Kier molecular flexibility index (Phi) is 2.61. The number of hydrogen-bond donors (Lipinski definition) is 0. The molecule has 0 aromatic heterocycles. The van der Waals surface area contributed by atoms with Crippen LogP contribution in [-0.2, 0) is 11.2 Å². The quantitative estimate of drug-likeness (QED) is 0.722. The molecule has 0 radical (unpaired) electrons. The Morgan fingerprint density at radius 1 is 1.35 bits per heavy atom. The van der Waals surface area contributed by atoms with Gasteiger partial charge in [-0.1, -0.05) is 24.1 Å². The molecule has 2 saturated heterocycles. The van der Waals surface area contributed by atoms with Crippen molar-refractivity contribution in [3.8, 4) is 12.3 Å². The maximum absolute atomic E-state index is 12.8. The van der Waals surface area contributed by atoms with Gasteiger partial charge in [0.05, 0.1) is 18.5 Å². The van der Waals surface area contributed by atoms with Crippen LogP contribution in [0.5, 0.6) is 0 Å². The number of piperidine rings is 1. The fourth-order valence-electron chi connectivity index (χ4n) is 4.32. The topological polar surface area (TPSA) is 23.6 Å². The van der Waals surface area contributed by atoms with Gasteiger partial charge in [0, 0.05) is 11.7 Å². The number of likely N-dealkylation sites (tertiary alicyclic amines) is 1. The first-order valence-electron chi connectivity index (χ1n) is 7.40. The second kappa shape index (κ2) is 4.36. The van der Waals surface area contributed by atoms with Crippen molar-refractivity contribution in [2.24, 2.45) is 5.92 Å². The molecule has 1 amide bonds. The van der Waals surface area contributed by atoms with Crippen LogP contribution in [0, 0.1) is 18.3 Å². The highest BCUT2D eigenvalue weighted by Gasteiger charge is 2.54. The highest BCUT2D eigenvalue weighted by atomic mass is 16.2. The molecular weight excluding hydrogens is 248 g/mol. The highest BCUT2D eigenvalue weighted by Crippen LogP contribution is 2.45. The molecule has 102 valence electrons. The number of para-hydroxylation sites is 1. The Morgan fingerprint density at radius 2 is 2.20 bits per heavy atom. The van der Waals surface area contributed by atoms with Gasteiger partial charge in [0.15, 0.2) is 0 Å². The second-order valence-electron chi connectivity index (χ2n) is 6.02. The third-order valence-electron chi connectivity index (χ3n) is 5.05. The molecule has 3 unspecified atom stereocenters. The van der Waals surface area contributed by atoms with Crippen LogP contribution in [0.3, 0.4) is 0 Å². The van der Waals surface area contributed by atoms with Gasteiger partial charge >= 0.3 is 0 Å². The summed E-state index contributed by atoms with van der Waals surface area (Å²) >= 11 is 0. The minimum Gasteiger partial charge on any atom is -0.307 e. The second-order valence-corrected chi connectivity index (χ2v) is 6.02. The molecule has 0 aliphatic carbocycles. The van der Waals surface area contributed by atoms with Crippen molar-refractivity contribution < 1.29 is 4.79 Å². The molecule has 1 aromatic rings. The number of nitrogens with zero attached hydrogens (tertiary/aromatic N) is 2. The summed E-state index contributed by atoms with van der Waals surface area (Å²) in [5.74, 6) is 3.22. The van der Waals surface area contributed by atoms with Crippen LogP contribution >= 0.6 is 0 Å². The van der Waals surface area contributed by atoms with Crippen LogP contribution in [0.4, 0.5) is 5.69 Å². The molecule has 3 heteroatoms. The Hall–Kier alpha value is -1.79. The molecule has 0 saturated carbocycles. The zero-order chi connectivity index (χ0) is 13.7. The molecule has 3 atom stereocenters. The lowest BCUT2D eigenvalue weighted by molar-refractivity contribution is -0.122. The Bertz CT molecular complexity index is 603. The van der Waals surface area contributed by atoms with E-state index in [4.69, 9.17) is 6.42 Å². The van der Waals surface area contributed by atoms with Gasteiger partial charge in [-0.3, -0.25) is 9.69 Å². The number of terminal acetylenes is 1. The van der Waals surface area contributed by atoms with E-state index in [1.165, 1.54) is 5.56 Å². The summed E-state index contributed by atoms with van der Waals surface area (Å²) in [6.45, 7) is 1.69. The number of carbonyl (C=O) groups is 1. The maximum atomic E-state index is 12.8. The van der Waals surface area contributed by atoms with Crippen LogP contribution in [0.15, 0.2) is 24.3 Å². The van der Waals surface area contributed by atoms with Crippen molar-refractivity contribution in [2.45, 2.75) is 31.3 Å². The summed E-state index contributed by atoms with van der Waals surface area (Å²) in [4.78, 5) is 17.2. The molecule has 3 heterocycles. The molecule has 0 bridgehead atoms. The van der Waals surface area contributed by atoms with Crippen molar-refractivity contribution in [3.63, 3.8) is 0 Å². The zero-order valence-corrected chi connectivity index (χ0v) is 11.5. The fraction of sp³-hybridized carbons (Fsp3) is 0.471. The summed E-state index contributed by atoms with van der Waals surface area (Å²) in [6, 6.07) is 8.90. The number of anilines is 1. The van der Waals surface area contributed by atoms with E-state index in [0.29, 0.717) is 24.5 Å². The third kappa shape index (κ3) is 1.49. The number of carbonyl (C=O) groups excluding carboxylic acids is 1. The highest BCUT2D eigenvalue weighted by molar-refractivity contribution is 6.01. The number of fused-ring (bicyclic) bond motifs is 5. The van der Waals surface area contributed by atoms with Crippen molar-refractivity contribution in [1.29, 1.82) is 0 Å². The molecule has 3 nitrogen and oxygen atoms in total. The van der Waals surface area contributed by atoms with Crippen LogP contribution in [0.25, 0.3) is 0 Å². The van der Waals surface area contributed by atoms with E-state index < -0.39 is 0 Å². The third-order valence-corrected chi connectivity index (χ3v) is 5.05. The lowest BCUT2D eigenvalue weighted by Gasteiger charge is -2.37. The molecule has 4 rings (SSSR count). The fourth-order valence-corrected chi connectivity index (χ4v) is 4.32. The summed E-state index contributed by atoms with van der Waals surface area (Å²) in [6.07, 6.45) is 8.58. The monoisotopic (exact) mass is 266 g/mol. The molecule has 20 heavy (non-hydrogen) atoms. The minimum absolute atomic E-state index is 0.149. The van der Waals surface area contributed by atoms with Crippen molar-refractivity contribution in [3.05, 3.63) is 29.8 Å². The largest absolute Gasteiger partial charge is 0.307 e. The smallest absolute Gasteiger partial charge is 0.232 e. The first-order valence-corrected chi connectivity index (χ1v) is 7.40. The SMILES string of the molecule is C#CCN1CCCC2C(=O)N3c4ccccc4CC3C21. The molecule has 1 aromatic carbocycles. The number of rotatable bonds is 1. The van der Waals surface area contributed by atoms with E-state index in [1.54, 1.807) is 0 Å². The van der Waals surface area contributed by atoms with Gasteiger partial charge < -0.3 is 4.90 Å². The normalized spacial score (nSPS) is 31.6. The van der Waals surface area contributed by atoms with Crippen molar-refractivity contribution in [2.75, 3.05) is 18.0 Å². The van der Waals surface area contributed by atoms with Gasteiger partial charge in [0.1, 0.15) is 0 Å². The van der Waals surface area contributed by atoms with Crippen molar-refractivity contribution >= 4 is 11.6 Å². The number of hydrogen-bond acceptors (Lipinski definition) is 2. The summed E-state index contributed by atoms with van der Waals surface area (Å²) in [5.41, 5.74) is 2.42. The Labute approximate surface area is 119 Å². The van der Waals surface area contributed by atoms with E-state index in [1.807, 2.05) is 6.07 Å². The van der Waals surface area contributed by atoms with Gasteiger partial charge in [0.2, 0.25) is 5.91 Å². The van der Waals surface area contributed by atoms with Gasteiger partial charge in [-0.25, -0.2) is 0 Å². The first-order chi connectivity index (χ1) is 9.81. The minimum atomic E-state index is 0.149. The van der Waals surface area contributed by atoms with E-state index in [9.17, 15) is 4.79 Å². The van der Waals surface area contributed by atoms with E-state index >= 15 is 0 Å². The molecule has 2 fully saturated rings. The van der Waals surface area contributed by atoms with E-state index in [0.717, 1.165) is 31.5 Å². The average Bonchev–Trinajstić information content (AvgIpc) is 2.97. The Balaban J connectivity index is 1.74. The van der Waals surface area contributed by atoms with Gasteiger partial charge in [0.25, 0.3) is 0 Å². The van der Waals surface area contributed by atoms with Crippen molar-refractivity contribution in [1.82, 2.24) is 4.90 Å². The van der Waals surface area contributed by atoms with Crippen LogP contribution in [-0.4, -0.2) is 36.0 Å². The predicted molar refractivity (Wildman–Crippen MR) is 78.3 cm³/mol. The van der Waals surface area contributed by atoms with Crippen LogP contribution in [0.2, 0.25) is 0 Å². The lowest BCUT2D eigenvalue weighted by atomic mass is 9.86. The van der Waals surface area contributed by atoms with Crippen LogP contribution < -0.4 is 4.90 Å².